The molecule has 0 bridgehead atoms. The molecular formula is C21H23Cl2N3O3. The average molecular weight is 436 g/mol. The van der Waals surface area contributed by atoms with Crippen molar-refractivity contribution in [1.82, 2.24) is 15.1 Å². The minimum atomic E-state index is -0.481. The smallest absolute Gasteiger partial charge is 0.318 e. The minimum absolute atomic E-state index is 0.0970. The Balaban J connectivity index is 1.58. The Bertz CT molecular complexity index is 889. The molecule has 1 aliphatic heterocycles. The van der Waals surface area contributed by atoms with Crippen molar-refractivity contribution in [2.24, 2.45) is 0 Å². The molecule has 2 N–H and O–H groups in total. The summed E-state index contributed by atoms with van der Waals surface area (Å²) >= 11 is 11.9. The molecule has 154 valence electrons. The van der Waals surface area contributed by atoms with Crippen LogP contribution in [-0.4, -0.2) is 46.5 Å². The van der Waals surface area contributed by atoms with Crippen LogP contribution in [0.25, 0.3) is 0 Å². The number of likely N-dealkylation sites (N-methyl/N-ethyl adjacent to an activating group) is 1. The Labute approximate surface area is 180 Å². The molecule has 0 spiro atoms. The second kappa shape index (κ2) is 9.37. The Morgan fingerprint density at radius 3 is 2.52 bits per heavy atom. The van der Waals surface area contributed by atoms with E-state index < -0.39 is 6.04 Å². The fraction of sp³-hybridized carbons (Fsp3) is 0.333. The van der Waals surface area contributed by atoms with Gasteiger partial charge in [0.25, 0.3) is 0 Å². The van der Waals surface area contributed by atoms with Gasteiger partial charge in [-0.3, -0.25) is 4.79 Å². The minimum Gasteiger partial charge on any atom is -0.508 e. The van der Waals surface area contributed by atoms with Crippen LogP contribution in [0, 0.1) is 0 Å². The Kier molecular flexibility index (Phi) is 6.87. The van der Waals surface area contributed by atoms with Crippen molar-refractivity contribution < 1.29 is 14.7 Å². The summed E-state index contributed by atoms with van der Waals surface area (Å²) in [5.74, 6) is 0.0867. The summed E-state index contributed by atoms with van der Waals surface area (Å²) in [7, 11) is 1.72. The number of halogens is 2. The van der Waals surface area contributed by atoms with Crippen LogP contribution in [-0.2, 0) is 17.9 Å². The summed E-state index contributed by atoms with van der Waals surface area (Å²) in [6.45, 7) is 1.25. The third-order valence-corrected chi connectivity index (χ3v) is 5.70. The number of phenolic OH excluding ortho intramolecular Hbond substituents is 1. The van der Waals surface area contributed by atoms with E-state index in [1.54, 1.807) is 59.3 Å². The van der Waals surface area contributed by atoms with E-state index in [1.807, 2.05) is 0 Å². The number of nitrogens with zero attached hydrogens (tertiary/aromatic N) is 2. The zero-order valence-corrected chi connectivity index (χ0v) is 17.6. The lowest BCUT2D eigenvalue weighted by Crippen LogP contribution is -2.49. The van der Waals surface area contributed by atoms with Crippen LogP contribution >= 0.6 is 23.2 Å². The molecule has 1 fully saturated rings. The van der Waals surface area contributed by atoms with Gasteiger partial charge in [0.05, 0.1) is 10.0 Å². The number of hydrogen-bond acceptors (Lipinski definition) is 3. The normalized spacial score (nSPS) is 16.0. The second-order valence-electron chi connectivity index (χ2n) is 7.12. The van der Waals surface area contributed by atoms with Crippen molar-refractivity contribution in [3.05, 3.63) is 63.6 Å². The maximum atomic E-state index is 12.9. The first-order valence-corrected chi connectivity index (χ1v) is 10.1. The van der Waals surface area contributed by atoms with E-state index in [0.717, 1.165) is 17.5 Å². The van der Waals surface area contributed by atoms with Crippen LogP contribution in [0.15, 0.2) is 42.5 Å². The van der Waals surface area contributed by atoms with Crippen LogP contribution in [0.5, 0.6) is 5.75 Å². The molecule has 2 aromatic rings. The first kappa shape index (κ1) is 21.3. The molecule has 1 atom stereocenters. The van der Waals surface area contributed by atoms with E-state index in [4.69, 9.17) is 23.2 Å². The highest BCUT2D eigenvalue weighted by atomic mass is 35.5. The van der Waals surface area contributed by atoms with E-state index in [9.17, 15) is 14.7 Å². The molecule has 3 amide bonds. The first-order chi connectivity index (χ1) is 13.8. The molecule has 0 unspecified atom stereocenters. The highest BCUT2D eigenvalue weighted by molar-refractivity contribution is 6.42. The summed E-state index contributed by atoms with van der Waals surface area (Å²) in [6.07, 6.45) is 1.42. The molecule has 0 aliphatic carbocycles. The number of nitrogens with one attached hydrogen (secondary N) is 1. The number of aromatic hydroxyl groups is 1. The molecule has 0 radical (unpaired) electrons. The number of hydrogen-bond donors (Lipinski definition) is 2. The van der Waals surface area contributed by atoms with E-state index in [-0.39, 0.29) is 17.7 Å². The average Bonchev–Trinajstić information content (AvgIpc) is 3.19. The standard InChI is InChI=1S/C21H23Cl2N3O3/c1-25(13-14-4-7-16(27)8-5-14)20(28)19-3-2-10-26(19)21(29)24-12-15-6-9-17(22)18(23)11-15/h4-9,11,19,27H,2-3,10,12-13H2,1H3,(H,24,29)/t19-/m1/s1. The summed E-state index contributed by atoms with van der Waals surface area (Å²) < 4.78 is 0. The van der Waals surface area contributed by atoms with Gasteiger partial charge in [-0.25, -0.2) is 4.79 Å². The van der Waals surface area contributed by atoms with Gasteiger partial charge in [-0.2, -0.15) is 0 Å². The fourth-order valence-corrected chi connectivity index (χ4v) is 3.72. The lowest BCUT2D eigenvalue weighted by Gasteiger charge is -2.28. The van der Waals surface area contributed by atoms with Crippen LogP contribution < -0.4 is 5.32 Å². The van der Waals surface area contributed by atoms with Crippen molar-refractivity contribution in [2.75, 3.05) is 13.6 Å². The van der Waals surface area contributed by atoms with E-state index in [0.29, 0.717) is 36.1 Å². The van der Waals surface area contributed by atoms with Gasteiger partial charge in [-0.05, 0) is 48.2 Å². The number of carbonyl (C=O) groups is 2. The summed E-state index contributed by atoms with van der Waals surface area (Å²) in [5.41, 5.74) is 1.74. The number of amides is 3. The molecule has 0 aromatic heterocycles. The zero-order chi connectivity index (χ0) is 21.0. The predicted molar refractivity (Wildman–Crippen MR) is 113 cm³/mol. The maximum absolute atomic E-state index is 12.9. The fourth-order valence-electron chi connectivity index (χ4n) is 3.40. The molecular weight excluding hydrogens is 413 g/mol. The largest absolute Gasteiger partial charge is 0.508 e. The van der Waals surface area contributed by atoms with Gasteiger partial charge in [0.1, 0.15) is 11.8 Å². The van der Waals surface area contributed by atoms with Gasteiger partial charge < -0.3 is 20.2 Å². The highest BCUT2D eigenvalue weighted by Gasteiger charge is 2.35. The van der Waals surface area contributed by atoms with Crippen molar-refractivity contribution in [2.45, 2.75) is 32.0 Å². The first-order valence-electron chi connectivity index (χ1n) is 9.36. The molecule has 6 nitrogen and oxygen atoms in total. The quantitative estimate of drug-likeness (QED) is 0.744. The second-order valence-corrected chi connectivity index (χ2v) is 7.93. The topological polar surface area (TPSA) is 72.9 Å². The van der Waals surface area contributed by atoms with Crippen molar-refractivity contribution in [3.8, 4) is 5.75 Å². The van der Waals surface area contributed by atoms with Gasteiger partial charge in [-0.1, -0.05) is 41.4 Å². The Morgan fingerprint density at radius 2 is 1.83 bits per heavy atom. The van der Waals surface area contributed by atoms with Crippen molar-refractivity contribution in [3.63, 3.8) is 0 Å². The molecule has 8 heteroatoms. The summed E-state index contributed by atoms with van der Waals surface area (Å²) in [6, 6.07) is 11.2. The van der Waals surface area contributed by atoms with Gasteiger partial charge >= 0.3 is 6.03 Å². The van der Waals surface area contributed by atoms with Gasteiger partial charge in [0.15, 0.2) is 0 Å². The number of likely N-dealkylation sites (tertiary alicyclic amines) is 1. The molecule has 2 aromatic carbocycles. The SMILES string of the molecule is CN(Cc1ccc(O)cc1)C(=O)[C@H]1CCCN1C(=O)NCc1ccc(Cl)c(Cl)c1. The Morgan fingerprint density at radius 1 is 1.14 bits per heavy atom. The lowest BCUT2D eigenvalue weighted by molar-refractivity contribution is -0.134. The zero-order valence-electron chi connectivity index (χ0n) is 16.1. The predicted octanol–water partition coefficient (Wildman–Crippen LogP) is 4.03. The van der Waals surface area contributed by atoms with Crippen molar-refractivity contribution in [1.29, 1.82) is 0 Å². The monoisotopic (exact) mass is 435 g/mol. The van der Waals surface area contributed by atoms with E-state index in [1.165, 1.54) is 0 Å². The lowest BCUT2D eigenvalue weighted by atomic mass is 10.1. The molecule has 3 rings (SSSR count). The number of carbonyl (C=O) groups excluding carboxylic acids is 2. The Hall–Kier alpha value is -2.44. The maximum Gasteiger partial charge on any atom is 0.318 e. The van der Waals surface area contributed by atoms with Gasteiger partial charge in [-0.15, -0.1) is 0 Å². The number of phenols is 1. The molecule has 29 heavy (non-hydrogen) atoms. The molecule has 0 saturated carbocycles. The van der Waals surface area contributed by atoms with E-state index in [2.05, 4.69) is 5.32 Å². The van der Waals surface area contributed by atoms with Crippen LogP contribution in [0.1, 0.15) is 24.0 Å². The van der Waals surface area contributed by atoms with Gasteiger partial charge in [0.2, 0.25) is 5.91 Å². The molecule has 1 aliphatic rings. The van der Waals surface area contributed by atoms with Crippen molar-refractivity contribution >= 4 is 35.1 Å². The summed E-state index contributed by atoms with van der Waals surface area (Å²) in [5, 5.41) is 13.1. The number of benzene rings is 2. The number of urea groups is 1. The van der Waals surface area contributed by atoms with Crippen LogP contribution in [0.4, 0.5) is 4.79 Å². The molecule has 1 saturated heterocycles. The third kappa shape index (κ3) is 5.34. The third-order valence-electron chi connectivity index (χ3n) is 4.96. The molecule has 1 heterocycles. The van der Waals surface area contributed by atoms with Crippen LogP contribution in [0.3, 0.4) is 0 Å². The number of rotatable bonds is 5. The highest BCUT2D eigenvalue weighted by Crippen LogP contribution is 2.23. The van der Waals surface area contributed by atoms with Crippen LogP contribution in [0.2, 0.25) is 10.0 Å². The van der Waals surface area contributed by atoms with E-state index >= 15 is 0 Å². The van der Waals surface area contributed by atoms with Gasteiger partial charge in [0, 0.05) is 26.7 Å². The summed E-state index contributed by atoms with van der Waals surface area (Å²) in [4.78, 5) is 28.8.